The second-order valence-corrected chi connectivity index (χ2v) is 18.4. The predicted molar refractivity (Wildman–Crippen MR) is 229 cm³/mol. The van der Waals surface area contributed by atoms with Crippen molar-refractivity contribution in [3.05, 3.63) is 72.9 Å². The van der Waals surface area contributed by atoms with Gasteiger partial charge in [-0.2, -0.15) is 0 Å². The number of hydrogen-bond donors (Lipinski definition) is 3. The molecule has 9 nitrogen and oxygen atoms in total. The molecule has 0 bridgehead atoms. The summed E-state index contributed by atoms with van der Waals surface area (Å²) in [5, 5.41) is 5.91. The molecule has 1 saturated heterocycles. The van der Waals surface area contributed by atoms with Gasteiger partial charge >= 0.3 is 6.09 Å². The van der Waals surface area contributed by atoms with Gasteiger partial charge in [0.05, 0.1) is 4.75 Å². The molecule has 2 saturated carbocycles. The maximum Gasteiger partial charge on any atom is 0.408 e. The fourth-order valence-electron chi connectivity index (χ4n) is 7.06. The van der Waals surface area contributed by atoms with Gasteiger partial charge in [0.15, 0.2) is 0 Å². The molecule has 0 aromatic heterocycles. The van der Waals surface area contributed by atoms with Gasteiger partial charge in [-0.15, -0.1) is 11.8 Å². The van der Waals surface area contributed by atoms with Crippen molar-refractivity contribution < 1.29 is 23.9 Å². The molecule has 5 atom stereocenters. The highest BCUT2D eigenvalue weighted by Crippen LogP contribution is 2.57. The van der Waals surface area contributed by atoms with Crippen molar-refractivity contribution in [2.45, 2.75) is 155 Å². The lowest BCUT2D eigenvalue weighted by Crippen LogP contribution is -2.60. The Kier molecular flexibility index (Phi) is 18.3. The van der Waals surface area contributed by atoms with Crippen LogP contribution in [0.3, 0.4) is 0 Å². The van der Waals surface area contributed by atoms with Crippen molar-refractivity contribution in [2.75, 3.05) is 12.3 Å². The van der Waals surface area contributed by atoms with Crippen LogP contribution in [-0.2, 0) is 19.1 Å². The first-order valence-electron chi connectivity index (χ1n) is 20.4. The Morgan fingerprint density at radius 1 is 1.00 bits per heavy atom. The van der Waals surface area contributed by atoms with Gasteiger partial charge in [-0.3, -0.25) is 14.4 Å². The quantitative estimate of drug-likeness (QED) is 0.0681. The standard InChI is InChI=1S/C43H66N4O5S.C2H6/c1-11-15-17-18-19-20-21-30(13-3)22-25-32(14-4)42(53-26-16-12-2)28-34(36(48)46-43(38(44)50)27-33(43)31-23-24-31)47(29-42)37(49)35(40(5,6)7)45-39(51)52-41(8,9)10;1-2/h11,14-15,17,19-20,22,25,31,33-35H,1,4,12-13,16,18,21,23-24,26-29H2,2-3,5-10H3,(H2,44,50)(H,45,51)(H,46,48);1-2H3/b17-15-,20-19-,30-22+,32-25+;/t33-,34?,35+,42-,43+;/m0./s1. The molecule has 0 aromatic carbocycles. The number of alkyl carbamates (subject to hydrolysis) is 1. The molecule has 4 N–H and O–H groups in total. The molecule has 3 rings (SSSR count). The maximum atomic E-state index is 14.9. The number of hydrogen-bond acceptors (Lipinski definition) is 6. The fourth-order valence-corrected chi connectivity index (χ4v) is 8.71. The summed E-state index contributed by atoms with van der Waals surface area (Å²) in [4.78, 5) is 57.0. The fraction of sp³-hybridized carbons (Fsp3) is 0.644. The van der Waals surface area contributed by atoms with Gasteiger partial charge in [-0.25, -0.2) is 4.79 Å². The number of nitrogens with one attached hydrogen (secondary N) is 2. The first-order valence-corrected chi connectivity index (χ1v) is 21.4. The van der Waals surface area contributed by atoms with Gasteiger partial charge in [0, 0.05) is 6.54 Å². The molecule has 4 amide bonds. The summed E-state index contributed by atoms with van der Waals surface area (Å²) >= 11 is 1.74. The van der Waals surface area contributed by atoms with Gasteiger partial charge in [0.25, 0.3) is 0 Å². The summed E-state index contributed by atoms with van der Waals surface area (Å²) in [6.45, 7) is 27.4. The molecule has 3 aliphatic rings. The van der Waals surface area contributed by atoms with Crippen molar-refractivity contribution in [2.24, 2.45) is 23.0 Å². The van der Waals surface area contributed by atoms with Crippen LogP contribution in [0.1, 0.15) is 127 Å². The molecule has 1 unspecified atom stereocenters. The van der Waals surface area contributed by atoms with Crippen LogP contribution in [0.2, 0.25) is 0 Å². The van der Waals surface area contributed by atoms with E-state index in [-0.39, 0.29) is 18.4 Å². The molecule has 308 valence electrons. The average molecular weight is 781 g/mol. The smallest absolute Gasteiger partial charge is 0.408 e. The molecule has 1 heterocycles. The Bertz CT molecular complexity index is 1480. The normalized spacial score (nSPS) is 24.9. The molecular formula is C45H72N4O5S. The third-order valence-corrected chi connectivity index (χ3v) is 11.9. The first kappa shape index (κ1) is 47.6. The summed E-state index contributed by atoms with van der Waals surface area (Å²) in [6.07, 6.45) is 22.7. The number of likely N-dealkylation sites (tertiary alicyclic amines) is 1. The number of nitrogens with zero attached hydrogens (tertiary/aromatic N) is 1. The number of primary amides is 1. The van der Waals surface area contributed by atoms with Gasteiger partial charge in [-0.1, -0.05) is 122 Å². The molecular weight excluding hydrogens is 709 g/mol. The summed E-state index contributed by atoms with van der Waals surface area (Å²) in [7, 11) is 0. The third kappa shape index (κ3) is 13.6. The number of rotatable bonds is 19. The highest BCUT2D eigenvalue weighted by molar-refractivity contribution is 8.00. The highest BCUT2D eigenvalue weighted by atomic mass is 32.2. The molecule has 3 fully saturated rings. The zero-order chi connectivity index (χ0) is 41.6. The number of unbranched alkanes of at least 4 members (excludes halogenated alkanes) is 1. The van der Waals surface area contributed by atoms with Gasteiger partial charge in [-0.05, 0) is 101 Å². The van der Waals surface area contributed by atoms with E-state index in [1.807, 2.05) is 46.8 Å². The number of amides is 4. The number of nitrogens with two attached hydrogens (primary N) is 1. The van der Waals surface area contributed by atoms with E-state index in [9.17, 15) is 19.2 Å². The lowest BCUT2D eigenvalue weighted by molar-refractivity contribution is -0.142. The van der Waals surface area contributed by atoms with Crippen LogP contribution in [0.25, 0.3) is 0 Å². The van der Waals surface area contributed by atoms with E-state index in [0.29, 0.717) is 18.8 Å². The summed E-state index contributed by atoms with van der Waals surface area (Å²) in [5.41, 5.74) is 5.52. The second kappa shape index (κ2) is 21.1. The lowest BCUT2D eigenvalue weighted by atomic mass is 9.85. The number of carbonyl (C=O) groups is 4. The number of allylic oxidation sites excluding steroid dienone is 9. The van der Waals surface area contributed by atoms with Gasteiger partial charge in [0.1, 0.15) is 23.2 Å². The largest absolute Gasteiger partial charge is 0.444 e. The Balaban J connectivity index is 0.00000514. The molecule has 0 radical (unpaired) electrons. The minimum atomic E-state index is -1.10. The summed E-state index contributed by atoms with van der Waals surface area (Å²) < 4.78 is 4.90. The van der Waals surface area contributed by atoms with E-state index >= 15 is 0 Å². The van der Waals surface area contributed by atoms with Crippen LogP contribution in [0.4, 0.5) is 4.79 Å². The minimum Gasteiger partial charge on any atom is -0.444 e. The Morgan fingerprint density at radius 2 is 1.67 bits per heavy atom. The molecule has 1 aliphatic heterocycles. The van der Waals surface area contributed by atoms with Crippen LogP contribution >= 0.6 is 11.8 Å². The van der Waals surface area contributed by atoms with E-state index in [1.165, 1.54) is 5.57 Å². The monoisotopic (exact) mass is 781 g/mol. The van der Waals surface area contributed by atoms with Crippen LogP contribution in [-0.4, -0.2) is 69.0 Å². The zero-order valence-corrected chi connectivity index (χ0v) is 36.4. The molecule has 2 aliphatic carbocycles. The van der Waals surface area contributed by atoms with Crippen molar-refractivity contribution in [3.63, 3.8) is 0 Å². The van der Waals surface area contributed by atoms with Crippen molar-refractivity contribution in [1.82, 2.24) is 15.5 Å². The van der Waals surface area contributed by atoms with Crippen molar-refractivity contribution in [1.29, 1.82) is 0 Å². The van der Waals surface area contributed by atoms with Crippen LogP contribution in [0.15, 0.2) is 72.9 Å². The number of thioether (sulfide) groups is 1. The Hall–Kier alpha value is -3.53. The highest BCUT2D eigenvalue weighted by Gasteiger charge is 2.66. The second-order valence-electron chi connectivity index (χ2n) is 16.9. The minimum absolute atomic E-state index is 0.0163. The maximum absolute atomic E-state index is 14.9. The predicted octanol–water partition coefficient (Wildman–Crippen LogP) is 9.12. The lowest BCUT2D eigenvalue weighted by Gasteiger charge is -2.36. The molecule has 0 spiro atoms. The summed E-state index contributed by atoms with van der Waals surface area (Å²) in [5.74, 6) is -0.0971. The van der Waals surface area contributed by atoms with E-state index < -0.39 is 51.3 Å². The van der Waals surface area contributed by atoms with E-state index in [4.69, 9.17) is 10.5 Å². The van der Waals surface area contributed by atoms with Crippen molar-refractivity contribution in [3.8, 4) is 0 Å². The summed E-state index contributed by atoms with van der Waals surface area (Å²) in [6, 6.07) is -1.91. The number of ether oxygens (including phenoxy) is 1. The zero-order valence-electron chi connectivity index (χ0n) is 35.6. The number of carbonyl (C=O) groups excluding carboxylic acids is 4. The van der Waals surface area contributed by atoms with Gasteiger partial charge in [0.2, 0.25) is 17.7 Å². The van der Waals surface area contributed by atoms with E-state index in [2.05, 4.69) is 68.0 Å². The SMILES string of the molecule is C=C/C=C\C/C=C\C/C(=C/C=C(\C=C)[C@]1(SCCCC)CC(C(=O)N[C@]2(C(N)=O)C[C@H]2C2CC2)N(C(=O)[C@@H](NC(=O)OC(C)(C)C)C(C)(C)C)C1)CC.CC. The molecule has 10 heteroatoms. The van der Waals surface area contributed by atoms with E-state index in [0.717, 1.165) is 56.3 Å². The first-order chi connectivity index (χ1) is 25.9. The van der Waals surface area contributed by atoms with Crippen molar-refractivity contribution >= 4 is 35.6 Å². The average Bonchev–Trinajstić information content (AvgIpc) is 4.04. The molecule has 55 heavy (non-hydrogen) atoms. The Labute approximate surface area is 337 Å². The van der Waals surface area contributed by atoms with E-state index in [1.54, 1.807) is 43.5 Å². The molecule has 0 aromatic rings. The van der Waals surface area contributed by atoms with Crippen LogP contribution in [0.5, 0.6) is 0 Å². The van der Waals surface area contributed by atoms with Gasteiger partial charge < -0.3 is 26.0 Å². The van der Waals surface area contributed by atoms with Crippen LogP contribution in [0, 0.1) is 17.3 Å². The van der Waals surface area contributed by atoms with Crippen LogP contribution < -0.4 is 16.4 Å². The third-order valence-electron chi connectivity index (χ3n) is 10.3. The Morgan fingerprint density at radius 3 is 2.20 bits per heavy atom. The topological polar surface area (TPSA) is 131 Å².